The van der Waals surface area contributed by atoms with Gasteiger partial charge in [0.05, 0.1) is 34.6 Å². The quantitative estimate of drug-likeness (QED) is 0.447. The summed E-state index contributed by atoms with van der Waals surface area (Å²) in [5, 5.41) is 13.5. The average Bonchev–Trinajstić information content (AvgIpc) is 3.17. The molecule has 13 heteroatoms. The Bertz CT molecular complexity index is 1630. The van der Waals surface area contributed by atoms with Gasteiger partial charge in [0.2, 0.25) is 12.2 Å². The number of allylic oxidation sites excluding steroid dienone is 2. The van der Waals surface area contributed by atoms with Crippen molar-refractivity contribution in [2.75, 3.05) is 16.9 Å². The van der Waals surface area contributed by atoms with E-state index in [0.717, 1.165) is 27.6 Å². The van der Waals surface area contributed by atoms with Crippen LogP contribution in [0.1, 0.15) is 36.1 Å². The largest absolute Gasteiger partial charge is 0.416 e. The lowest BCUT2D eigenvalue weighted by atomic mass is 9.94. The Morgan fingerprint density at radius 3 is 2.39 bits per heavy atom. The third-order valence-electron chi connectivity index (χ3n) is 6.09. The molecule has 2 heterocycles. The van der Waals surface area contributed by atoms with Crippen molar-refractivity contribution in [2.45, 2.75) is 32.1 Å². The number of carbonyl (C=O) groups excluding carboxylic acids is 1. The predicted octanol–water partition coefficient (Wildman–Crippen LogP) is 3.49. The fourth-order valence-corrected chi connectivity index (χ4v) is 4.98. The number of anilines is 2. The Balaban J connectivity index is 1.94. The molecule has 0 amide bonds. The Morgan fingerprint density at radius 2 is 1.82 bits per heavy atom. The van der Waals surface area contributed by atoms with Gasteiger partial charge in [-0.1, -0.05) is 18.2 Å². The Morgan fingerprint density at radius 1 is 1.13 bits per heavy atom. The van der Waals surface area contributed by atoms with E-state index in [9.17, 15) is 31.2 Å². The number of alkyl halides is 3. The summed E-state index contributed by atoms with van der Waals surface area (Å²) in [7, 11) is -3.32. The molecule has 0 aliphatic carbocycles. The molecule has 1 radical (unpaired) electrons. The van der Waals surface area contributed by atoms with Crippen LogP contribution >= 0.6 is 0 Å². The van der Waals surface area contributed by atoms with Gasteiger partial charge in [0.1, 0.15) is 9.84 Å². The van der Waals surface area contributed by atoms with Gasteiger partial charge in [-0.3, -0.25) is 9.69 Å². The van der Waals surface area contributed by atoms with Gasteiger partial charge in [-0.15, -0.1) is 5.10 Å². The van der Waals surface area contributed by atoms with Crippen LogP contribution in [0.25, 0.3) is 0 Å². The number of nitriles is 1. The third kappa shape index (κ3) is 5.12. The number of sulfone groups is 1. The average molecular weight is 545 g/mol. The van der Waals surface area contributed by atoms with Gasteiger partial charge >= 0.3 is 11.9 Å². The van der Waals surface area contributed by atoms with Crippen LogP contribution in [0, 0.1) is 11.3 Å². The molecule has 0 fully saturated rings. The van der Waals surface area contributed by atoms with Crippen molar-refractivity contribution in [1.29, 1.82) is 5.26 Å². The first-order valence-electron chi connectivity index (χ1n) is 11.3. The molecule has 197 valence electrons. The van der Waals surface area contributed by atoms with E-state index in [0.29, 0.717) is 11.1 Å². The normalized spacial score (nSPS) is 15.8. The van der Waals surface area contributed by atoms with Crippen molar-refractivity contribution in [3.05, 3.63) is 87.0 Å². The van der Waals surface area contributed by atoms with Crippen molar-refractivity contribution in [2.24, 2.45) is 0 Å². The summed E-state index contributed by atoms with van der Waals surface area (Å²) in [4.78, 5) is 27.1. The van der Waals surface area contributed by atoms with E-state index in [1.54, 1.807) is 12.1 Å². The molecule has 2 aromatic carbocycles. The molecule has 1 aliphatic heterocycles. The number of benzene rings is 2. The third-order valence-corrected chi connectivity index (χ3v) is 7.12. The molecule has 0 bridgehead atoms. The first-order chi connectivity index (χ1) is 17.9. The van der Waals surface area contributed by atoms with Gasteiger partial charge < -0.3 is 0 Å². The zero-order valence-corrected chi connectivity index (χ0v) is 21.0. The molecular weight excluding hydrogens is 523 g/mol. The van der Waals surface area contributed by atoms with E-state index >= 15 is 0 Å². The summed E-state index contributed by atoms with van der Waals surface area (Å²) in [5.74, 6) is -0.262. The summed E-state index contributed by atoms with van der Waals surface area (Å²) in [5.41, 5.74) is -0.638. The lowest BCUT2D eigenvalue weighted by molar-refractivity contribution is -0.137. The molecule has 1 aromatic heterocycles. The van der Waals surface area contributed by atoms with Gasteiger partial charge in [0, 0.05) is 24.2 Å². The number of nitrogens with zero attached hydrogens (tertiary/aromatic N) is 5. The molecule has 0 N–H and O–H groups in total. The highest BCUT2D eigenvalue weighted by Crippen LogP contribution is 2.42. The molecule has 1 atom stereocenters. The topological polar surface area (TPSA) is 118 Å². The van der Waals surface area contributed by atoms with Crippen LogP contribution < -0.4 is 10.6 Å². The molecular formula is C25H21F3N5O4S. The molecule has 4 rings (SSSR count). The fourth-order valence-electron chi connectivity index (χ4n) is 4.32. The molecule has 1 aliphatic rings. The number of rotatable bonds is 7. The summed E-state index contributed by atoms with van der Waals surface area (Å²) in [6.07, 6.45) is -1.67. The number of aromatic nitrogens is 3. The standard InChI is InChI=1S/C25H21F3N5O4S/c1-16-21(15-34)22(18-9-7-17(14-29)8-10-18)33-23(30-31(24(33)35)11-4-12-38(2,36)37)32(16)20-6-3-5-19(13-20)25(26,27)28/h3,5-10,13,22H,4,11-12H2,1-2H3. The van der Waals surface area contributed by atoms with Crippen molar-refractivity contribution < 1.29 is 26.4 Å². The van der Waals surface area contributed by atoms with Crippen LogP contribution in [-0.2, 0) is 27.4 Å². The van der Waals surface area contributed by atoms with Crippen LogP contribution in [0.4, 0.5) is 24.8 Å². The van der Waals surface area contributed by atoms with E-state index in [4.69, 9.17) is 5.26 Å². The molecule has 0 saturated heterocycles. The zero-order valence-electron chi connectivity index (χ0n) is 20.2. The van der Waals surface area contributed by atoms with Crippen molar-refractivity contribution in [3.8, 4) is 6.07 Å². The number of fused-ring (bicyclic) bond motifs is 1. The minimum Gasteiger partial charge on any atom is -0.285 e. The first kappa shape index (κ1) is 26.9. The van der Waals surface area contributed by atoms with Crippen LogP contribution in [0.3, 0.4) is 0 Å². The van der Waals surface area contributed by atoms with Crippen LogP contribution in [-0.4, -0.2) is 41.1 Å². The highest BCUT2D eigenvalue weighted by molar-refractivity contribution is 7.90. The first-order valence-corrected chi connectivity index (χ1v) is 13.3. The van der Waals surface area contributed by atoms with Crippen molar-refractivity contribution in [3.63, 3.8) is 0 Å². The van der Waals surface area contributed by atoms with E-state index < -0.39 is 33.3 Å². The molecule has 38 heavy (non-hydrogen) atoms. The summed E-state index contributed by atoms with van der Waals surface area (Å²) in [6.45, 7) is 1.43. The number of halogens is 3. The SMILES string of the molecule is CC1=C([C]=O)C(c2ccc(C#N)cc2)n2c(nn(CCCS(C)(=O)=O)c2=O)N1c1cccc(C(F)(F)F)c1. The highest BCUT2D eigenvalue weighted by Gasteiger charge is 2.38. The maximum absolute atomic E-state index is 13.5. The predicted molar refractivity (Wildman–Crippen MR) is 132 cm³/mol. The van der Waals surface area contributed by atoms with Crippen LogP contribution in [0.2, 0.25) is 0 Å². The second kappa shape index (κ2) is 9.94. The maximum atomic E-state index is 13.5. The minimum atomic E-state index is -4.64. The molecule has 9 nitrogen and oxygen atoms in total. The van der Waals surface area contributed by atoms with Crippen LogP contribution in [0.5, 0.6) is 0 Å². The Kier molecular flexibility index (Phi) is 7.03. The molecule has 1 unspecified atom stereocenters. The Labute approximate surface area is 215 Å². The second-order valence-corrected chi connectivity index (χ2v) is 11.0. The van der Waals surface area contributed by atoms with Crippen molar-refractivity contribution >= 4 is 27.8 Å². The monoisotopic (exact) mass is 544 g/mol. The second-order valence-electron chi connectivity index (χ2n) is 8.78. The van der Waals surface area contributed by atoms with Gasteiger partial charge in [-0.05, 0) is 49.2 Å². The fraction of sp³-hybridized carbons (Fsp3) is 0.280. The molecule has 3 aromatic rings. The number of hydrogen-bond acceptors (Lipinski definition) is 7. The van der Waals surface area contributed by atoms with Gasteiger partial charge in [-0.2, -0.15) is 18.4 Å². The highest BCUT2D eigenvalue weighted by atomic mass is 32.2. The molecule has 0 saturated carbocycles. The Hall–Kier alpha value is -4.18. The maximum Gasteiger partial charge on any atom is 0.416 e. The lowest BCUT2D eigenvalue weighted by Gasteiger charge is -2.34. The lowest BCUT2D eigenvalue weighted by Crippen LogP contribution is -2.36. The summed E-state index contributed by atoms with van der Waals surface area (Å²) in [6, 6.07) is 11.5. The van der Waals surface area contributed by atoms with E-state index in [-0.39, 0.29) is 41.6 Å². The van der Waals surface area contributed by atoms with Crippen molar-refractivity contribution in [1.82, 2.24) is 14.3 Å². The van der Waals surface area contributed by atoms with E-state index in [2.05, 4.69) is 5.10 Å². The van der Waals surface area contributed by atoms with Gasteiger partial charge in [0.15, 0.2) is 0 Å². The molecule has 0 spiro atoms. The van der Waals surface area contributed by atoms with E-state index in [1.165, 1.54) is 36.1 Å². The van der Waals surface area contributed by atoms with Gasteiger partial charge in [-0.25, -0.2) is 22.5 Å². The van der Waals surface area contributed by atoms with E-state index in [1.807, 2.05) is 12.4 Å². The minimum absolute atomic E-state index is 0.0119. The zero-order chi connectivity index (χ0) is 27.8. The van der Waals surface area contributed by atoms with Crippen LogP contribution in [0.15, 0.2) is 64.6 Å². The summed E-state index contributed by atoms with van der Waals surface area (Å²) >= 11 is 0. The number of aryl methyl sites for hydroxylation is 1. The summed E-state index contributed by atoms with van der Waals surface area (Å²) < 4.78 is 65.8. The number of hydrogen-bond donors (Lipinski definition) is 0. The smallest absolute Gasteiger partial charge is 0.285 e. The van der Waals surface area contributed by atoms with Gasteiger partial charge in [0.25, 0.3) is 0 Å².